The van der Waals surface area contributed by atoms with Crippen LogP contribution in [-0.4, -0.2) is 0 Å². The van der Waals surface area contributed by atoms with Gasteiger partial charge in [0.05, 0.1) is 27.9 Å². The van der Waals surface area contributed by atoms with E-state index in [1.807, 2.05) is 84.9 Å². The summed E-state index contributed by atoms with van der Waals surface area (Å²) >= 11 is 0. The molecule has 0 saturated heterocycles. The third-order valence-corrected chi connectivity index (χ3v) is 14.1. The van der Waals surface area contributed by atoms with E-state index in [9.17, 15) is 10.5 Å². The highest BCUT2D eigenvalue weighted by Crippen LogP contribution is 2.66. The Bertz CT molecular complexity index is 3720. The summed E-state index contributed by atoms with van der Waals surface area (Å²) in [5, 5.41) is 27.7. The molecule has 4 nitrogen and oxygen atoms in total. The van der Waals surface area contributed by atoms with E-state index in [-0.39, 0.29) is 0 Å². The van der Waals surface area contributed by atoms with Crippen molar-refractivity contribution in [1.29, 1.82) is 10.5 Å². The van der Waals surface area contributed by atoms with E-state index in [1.165, 1.54) is 66.1 Å². The van der Waals surface area contributed by atoms with Crippen LogP contribution in [0.25, 0.3) is 54.6 Å². The van der Waals surface area contributed by atoms with Gasteiger partial charge in [-0.1, -0.05) is 158 Å². The molecule has 310 valence electrons. The predicted octanol–water partition coefficient (Wildman–Crippen LogP) is 16.2. The van der Waals surface area contributed by atoms with Gasteiger partial charge in [0.1, 0.15) is 12.1 Å². The quantitative estimate of drug-likeness (QED) is 0.167. The van der Waals surface area contributed by atoms with Crippen molar-refractivity contribution in [2.24, 2.45) is 0 Å². The number of rotatable bonds is 6. The maximum absolute atomic E-state index is 10.3. The lowest BCUT2D eigenvalue weighted by molar-refractivity contribution is 0.810. The molecule has 0 unspecified atom stereocenters. The lowest BCUT2D eigenvalue weighted by Gasteiger charge is -2.33. The van der Waals surface area contributed by atoms with Gasteiger partial charge in [-0.3, -0.25) is 0 Å². The van der Waals surface area contributed by atoms with Crippen LogP contribution in [0, 0.1) is 22.7 Å². The number of hydrogen-bond donors (Lipinski definition) is 0. The molecule has 0 amide bonds. The average molecular weight is 851 g/mol. The molecule has 0 aromatic heterocycles. The molecule has 11 aromatic rings. The van der Waals surface area contributed by atoms with E-state index >= 15 is 0 Å². The molecule has 0 aliphatic heterocycles. The summed E-state index contributed by atoms with van der Waals surface area (Å²) in [7, 11) is 0. The number of fused-ring (bicyclic) bond motifs is 16. The fourth-order valence-corrected chi connectivity index (χ4v) is 11.4. The van der Waals surface area contributed by atoms with E-state index in [1.54, 1.807) is 0 Å². The SMILES string of the molecule is N#Cc1ccccc1N(c1ccccc1)c1ccc2c3c(ccc2c1)-c1ccc2cc(N(c4ccccc4)c4ccccc4C#N)ccc2c1C31c2ccccc2-c2c1ccc1ccccc21. The van der Waals surface area contributed by atoms with Gasteiger partial charge < -0.3 is 9.80 Å². The standard InChI is InChI=1S/C63H38N4/c64-39-44-16-8-13-25-58(44)66(46-18-3-1-4-19-46)48-30-34-51-42(37-48)27-32-53-54-33-28-43-38-49(67(47-20-5-2-6-21-47)59-26-14-9-17-45(59)40-65)31-35-52(43)62(54)63(61(51)53)56-24-12-11-23-55(56)60-50-22-10-7-15-41(50)29-36-57(60)63/h1-38H. The van der Waals surface area contributed by atoms with Crippen LogP contribution < -0.4 is 9.80 Å². The zero-order valence-corrected chi connectivity index (χ0v) is 36.2. The zero-order chi connectivity index (χ0) is 44.6. The third kappa shape index (κ3) is 5.51. The normalized spacial score (nSPS) is 12.6. The Morgan fingerprint density at radius 3 is 1.37 bits per heavy atom. The fourth-order valence-electron chi connectivity index (χ4n) is 11.4. The molecule has 0 bridgehead atoms. The number of anilines is 6. The number of benzene rings is 11. The highest BCUT2D eigenvalue weighted by molar-refractivity contribution is 6.13. The first-order chi connectivity index (χ1) is 33.2. The molecule has 0 heterocycles. The van der Waals surface area contributed by atoms with Crippen molar-refractivity contribution < 1.29 is 0 Å². The Labute approximate surface area is 388 Å². The summed E-state index contributed by atoms with van der Waals surface area (Å²) in [4.78, 5) is 4.39. The molecular weight excluding hydrogens is 813 g/mol. The first kappa shape index (κ1) is 38.3. The molecule has 11 aromatic carbocycles. The topological polar surface area (TPSA) is 54.1 Å². The molecule has 1 spiro atoms. The number of nitrogens with zero attached hydrogens (tertiary/aromatic N) is 4. The summed E-state index contributed by atoms with van der Waals surface area (Å²) in [6.07, 6.45) is 0. The predicted molar refractivity (Wildman–Crippen MR) is 274 cm³/mol. The molecule has 0 saturated carbocycles. The van der Waals surface area contributed by atoms with Gasteiger partial charge in [0.15, 0.2) is 0 Å². The molecule has 2 aliphatic carbocycles. The Morgan fingerprint density at radius 1 is 0.328 bits per heavy atom. The van der Waals surface area contributed by atoms with Gasteiger partial charge in [0, 0.05) is 22.7 Å². The molecule has 4 heteroatoms. The minimum absolute atomic E-state index is 0.609. The van der Waals surface area contributed by atoms with E-state index < -0.39 is 5.41 Å². The molecule has 0 fully saturated rings. The Morgan fingerprint density at radius 2 is 0.806 bits per heavy atom. The van der Waals surface area contributed by atoms with Crippen molar-refractivity contribution in [2.45, 2.75) is 5.41 Å². The van der Waals surface area contributed by atoms with Crippen molar-refractivity contribution in [3.05, 3.63) is 264 Å². The van der Waals surface area contributed by atoms with Crippen LogP contribution >= 0.6 is 0 Å². The van der Waals surface area contributed by atoms with Gasteiger partial charge in [-0.05, 0) is 150 Å². The summed E-state index contributed by atoms with van der Waals surface area (Å²) in [6, 6.07) is 86.6. The summed E-state index contributed by atoms with van der Waals surface area (Å²) in [5.41, 5.74) is 16.2. The number of nitriles is 2. The highest BCUT2D eigenvalue weighted by Gasteiger charge is 2.53. The number of hydrogen-bond acceptors (Lipinski definition) is 4. The lowest BCUT2D eigenvalue weighted by Crippen LogP contribution is -2.26. The van der Waals surface area contributed by atoms with E-state index in [4.69, 9.17) is 0 Å². The highest BCUT2D eigenvalue weighted by atomic mass is 15.1. The molecule has 0 atom stereocenters. The van der Waals surface area contributed by atoms with Crippen LogP contribution in [0.1, 0.15) is 33.4 Å². The minimum atomic E-state index is -0.665. The molecule has 67 heavy (non-hydrogen) atoms. The zero-order valence-electron chi connectivity index (χ0n) is 36.2. The van der Waals surface area contributed by atoms with Crippen LogP contribution in [0.5, 0.6) is 0 Å². The fraction of sp³-hybridized carbons (Fsp3) is 0.0159. The Balaban J connectivity index is 1.10. The first-order valence-electron chi connectivity index (χ1n) is 22.6. The van der Waals surface area contributed by atoms with Crippen molar-refractivity contribution in [3.63, 3.8) is 0 Å². The minimum Gasteiger partial charge on any atom is -0.309 e. The van der Waals surface area contributed by atoms with Gasteiger partial charge in [-0.15, -0.1) is 0 Å². The second-order valence-corrected chi connectivity index (χ2v) is 17.4. The summed E-state index contributed by atoms with van der Waals surface area (Å²) in [5.74, 6) is 0. The van der Waals surface area contributed by atoms with Crippen LogP contribution in [0.3, 0.4) is 0 Å². The lowest BCUT2D eigenvalue weighted by atomic mass is 9.68. The molecule has 0 N–H and O–H groups in total. The van der Waals surface area contributed by atoms with Crippen LogP contribution in [0.4, 0.5) is 34.1 Å². The Kier molecular flexibility index (Phi) is 8.52. The van der Waals surface area contributed by atoms with Crippen LogP contribution in [-0.2, 0) is 5.41 Å². The summed E-state index contributed by atoms with van der Waals surface area (Å²) in [6.45, 7) is 0. The smallest absolute Gasteiger partial charge is 0.101 e. The maximum atomic E-state index is 10.3. The largest absolute Gasteiger partial charge is 0.309 e. The third-order valence-electron chi connectivity index (χ3n) is 14.1. The number of para-hydroxylation sites is 4. The molecular formula is C63H38N4. The maximum Gasteiger partial charge on any atom is 0.101 e. The van der Waals surface area contributed by atoms with E-state index in [2.05, 4.69) is 168 Å². The Hall–Kier alpha value is -9.22. The second kappa shape index (κ2) is 14.9. The monoisotopic (exact) mass is 850 g/mol. The van der Waals surface area contributed by atoms with Gasteiger partial charge in [-0.25, -0.2) is 0 Å². The van der Waals surface area contributed by atoms with Crippen molar-refractivity contribution in [2.75, 3.05) is 9.80 Å². The van der Waals surface area contributed by atoms with Crippen LogP contribution in [0.2, 0.25) is 0 Å². The van der Waals surface area contributed by atoms with Crippen LogP contribution in [0.15, 0.2) is 231 Å². The van der Waals surface area contributed by atoms with Gasteiger partial charge in [0.25, 0.3) is 0 Å². The van der Waals surface area contributed by atoms with Gasteiger partial charge in [-0.2, -0.15) is 10.5 Å². The van der Waals surface area contributed by atoms with Gasteiger partial charge in [0.2, 0.25) is 0 Å². The molecule has 0 radical (unpaired) electrons. The molecule has 13 rings (SSSR count). The first-order valence-corrected chi connectivity index (χ1v) is 22.6. The summed E-state index contributed by atoms with van der Waals surface area (Å²) < 4.78 is 0. The second-order valence-electron chi connectivity index (χ2n) is 17.4. The van der Waals surface area contributed by atoms with E-state index in [0.717, 1.165) is 44.9 Å². The van der Waals surface area contributed by atoms with Crippen molar-refractivity contribution in [1.82, 2.24) is 0 Å². The average Bonchev–Trinajstić information content (AvgIpc) is 3.87. The molecule has 2 aliphatic rings. The van der Waals surface area contributed by atoms with Crippen molar-refractivity contribution in [3.8, 4) is 34.4 Å². The van der Waals surface area contributed by atoms with Gasteiger partial charge >= 0.3 is 0 Å². The van der Waals surface area contributed by atoms with Crippen molar-refractivity contribution >= 4 is 66.4 Å². The van der Waals surface area contributed by atoms with E-state index in [0.29, 0.717) is 11.1 Å².